The Hall–Kier alpha value is -1.66. The van der Waals surface area contributed by atoms with Crippen molar-refractivity contribution < 1.29 is 0 Å². The van der Waals surface area contributed by atoms with Crippen LogP contribution >= 0.6 is 15.9 Å². The van der Waals surface area contributed by atoms with Crippen molar-refractivity contribution in [2.45, 2.75) is 25.3 Å². The number of nitrogens with one attached hydrogen (secondary N) is 2. The van der Waals surface area contributed by atoms with E-state index in [1.807, 2.05) is 12.1 Å². The second-order valence-electron chi connectivity index (χ2n) is 6.49. The number of likely N-dealkylation sites (N-methyl/N-ethyl adjacent to an activating group) is 1. The summed E-state index contributed by atoms with van der Waals surface area (Å²) < 4.78 is 1.09. The molecule has 2 N–H and O–H groups in total. The Morgan fingerprint density at radius 3 is 2.71 bits per heavy atom. The van der Waals surface area contributed by atoms with Crippen LogP contribution < -0.4 is 10.6 Å². The highest BCUT2D eigenvalue weighted by Crippen LogP contribution is 2.39. The van der Waals surface area contributed by atoms with Gasteiger partial charge in [0, 0.05) is 36.1 Å². The number of hydrogen-bond donors (Lipinski definition) is 2. The molecule has 1 fully saturated rings. The molecule has 0 saturated heterocycles. The van der Waals surface area contributed by atoms with Gasteiger partial charge < -0.3 is 15.5 Å². The van der Waals surface area contributed by atoms with E-state index in [9.17, 15) is 0 Å². The molecule has 0 radical (unpaired) electrons. The molecule has 3 rings (SSSR count). The highest BCUT2D eigenvalue weighted by molar-refractivity contribution is 9.10. The minimum Gasteiger partial charge on any atom is -0.366 e. The summed E-state index contributed by atoms with van der Waals surface area (Å²) in [6.07, 6.45) is 2.47. The van der Waals surface area contributed by atoms with Gasteiger partial charge in [0.1, 0.15) is 5.82 Å². The summed E-state index contributed by atoms with van der Waals surface area (Å²) >= 11 is 3.51. The Kier molecular flexibility index (Phi) is 5.68. The van der Waals surface area contributed by atoms with Crippen LogP contribution in [0.5, 0.6) is 0 Å². The zero-order valence-corrected chi connectivity index (χ0v) is 15.8. The van der Waals surface area contributed by atoms with Gasteiger partial charge in [-0.25, -0.2) is 4.98 Å². The Morgan fingerprint density at radius 1 is 1.17 bits per heavy atom. The van der Waals surface area contributed by atoms with Crippen LogP contribution in [-0.2, 0) is 6.54 Å². The first kappa shape index (κ1) is 17.2. The van der Waals surface area contributed by atoms with Gasteiger partial charge >= 0.3 is 0 Å². The Labute approximate surface area is 152 Å². The van der Waals surface area contributed by atoms with Crippen LogP contribution in [0.25, 0.3) is 0 Å². The number of anilines is 2. The zero-order valence-electron chi connectivity index (χ0n) is 14.2. The monoisotopic (exact) mass is 389 g/mol. The molecule has 2 aromatic rings. The first-order valence-corrected chi connectivity index (χ1v) is 9.15. The van der Waals surface area contributed by atoms with Crippen LogP contribution in [0.1, 0.15) is 30.0 Å². The molecule has 128 valence electrons. The third-order valence-corrected chi connectivity index (χ3v) is 4.44. The molecule has 1 heterocycles. The maximum Gasteiger partial charge on any atom is 0.224 e. The standard InChI is InChI=1S/C18H24BrN5/c1-24(2)9-8-20-18-22-16(14-6-7-14)11-17(23-18)21-12-13-4-3-5-15(19)10-13/h3-5,10-11,14H,6-9,12H2,1-2H3,(H2,20,21,22,23). The quantitative estimate of drug-likeness (QED) is 0.720. The normalized spacial score (nSPS) is 14.0. The number of hydrogen-bond acceptors (Lipinski definition) is 5. The molecule has 0 aliphatic heterocycles. The fraction of sp³-hybridized carbons (Fsp3) is 0.444. The average Bonchev–Trinajstić information content (AvgIpc) is 3.37. The summed E-state index contributed by atoms with van der Waals surface area (Å²) in [5.74, 6) is 2.21. The van der Waals surface area contributed by atoms with Crippen LogP contribution in [0.2, 0.25) is 0 Å². The Balaban J connectivity index is 1.67. The summed E-state index contributed by atoms with van der Waals surface area (Å²) in [5.41, 5.74) is 2.37. The smallest absolute Gasteiger partial charge is 0.224 e. The molecule has 0 spiro atoms. The van der Waals surface area contributed by atoms with Gasteiger partial charge in [-0.3, -0.25) is 0 Å². The van der Waals surface area contributed by atoms with Gasteiger partial charge in [0.2, 0.25) is 5.95 Å². The molecular weight excluding hydrogens is 366 g/mol. The number of nitrogens with zero attached hydrogens (tertiary/aromatic N) is 3. The Bertz CT molecular complexity index is 685. The largest absolute Gasteiger partial charge is 0.366 e. The second-order valence-corrected chi connectivity index (χ2v) is 7.41. The summed E-state index contributed by atoms with van der Waals surface area (Å²) in [7, 11) is 4.13. The number of aromatic nitrogens is 2. The molecule has 24 heavy (non-hydrogen) atoms. The molecule has 1 aromatic heterocycles. The van der Waals surface area contributed by atoms with E-state index < -0.39 is 0 Å². The van der Waals surface area contributed by atoms with Crippen molar-refractivity contribution in [3.63, 3.8) is 0 Å². The molecule has 6 heteroatoms. The lowest BCUT2D eigenvalue weighted by molar-refractivity contribution is 0.425. The van der Waals surface area contributed by atoms with Crippen molar-refractivity contribution in [3.05, 3.63) is 46.1 Å². The summed E-state index contributed by atoms with van der Waals surface area (Å²) in [6, 6.07) is 10.4. The van der Waals surface area contributed by atoms with E-state index in [0.29, 0.717) is 5.92 Å². The molecule has 1 aliphatic carbocycles. The molecule has 0 unspecified atom stereocenters. The predicted molar refractivity (Wildman–Crippen MR) is 103 cm³/mol. The molecule has 0 amide bonds. The fourth-order valence-corrected chi connectivity index (χ4v) is 2.90. The van der Waals surface area contributed by atoms with Crippen LogP contribution in [-0.4, -0.2) is 42.1 Å². The maximum absolute atomic E-state index is 4.67. The van der Waals surface area contributed by atoms with Crippen LogP contribution in [0.15, 0.2) is 34.8 Å². The molecule has 1 aliphatic rings. The fourth-order valence-electron chi connectivity index (χ4n) is 2.45. The molecule has 0 atom stereocenters. The molecule has 5 nitrogen and oxygen atoms in total. The number of benzene rings is 1. The van der Waals surface area contributed by atoms with Crippen LogP contribution in [0, 0.1) is 0 Å². The number of halogens is 1. The van der Waals surface area contributed by atoms with E-state index >= 15 is 0 Å². The number of rotatable bonds is 8. The maximum atomic E-state index is 4.67. The predicted octanol–water partition coefficient (Wildman–Crippen LogP) is 3.70. The van der Waals surface area contributed by atoms with Gasteiger partial charge in [0.25, 0.3) is 0 Å². The lowest BCUT2D eigenvalue weighted by atomic mass is 10.2. The van der Waals surface area contributed by atoms with Crippen molar-refractivity contribution in [1.82, 2.24) is 14.9 Å². The zero-order chi connectivity index (χ0) is 16.9. The van der Waals surface area contributed by atoms with Gasteiger partial charge in [-0.05, 0) is 44.6 Å². The van der Waals surface area contributed by atoms with Gasteiger partial charge in [0.15, 0.2) is 0 Å². The molecule has 0 bridgehead atoms. The lowest BCUT2D eigenvalue weighted by Gasteiger charge is -2.13. The summed E-state index contributed by atoms with van der Waals surface area (Å²) in [5, 5.41) is 6.76. The summed E-state index contributed by atoms with van der Waals surface area (Å²) in [6.45, 7) is 2.54. The van der Waals surface area contributed by atoms with Crippen molar-refractivity contribution >= 4 is 27.7 Å². The Morgan fingerprint density at radius 2 is 2.00 bits per heavy atom. The first-order valence-electron chi connectivity index (χ1n) is 8.36. The molecular formula is C18H24BrN5. The van der Waals surface area contributed by atoms with Gasteiger partial charge in [-0.2, -0.15) is 4.98 Å². The van der Waals surface area contributed by atoms with Gasteiger partial charge in [-0.1, -0.05) is 28.1 Å². The van der Waals surface area contributed by atoms with E-state index in [-0.39, 0.29) is 0 Å². The molecule has 1 saturated carbocycles. The van der Waals surface area contributed by atoms with Gasteiger partial charge in [-0.15, -0.1) is 0 Å². The van der Waals surface area contributed by atoms with Gasteiger partial charge in [0.05, 0.1) is 5.69 Å². The van der Waals surface area contributed by atoms with E-state index in [2.05, 4.69) is 73.7 Å². The second kappa shape index (κ2) is 7.94. The van der Waals surface area contributed by atoms with E-state index in [1.165, 1.54) is 18.4 Å². The van der Waals surface area contributed by atoms with Crippen molar-refractivity contribution in [1.29, 1.82) is 0 Å². The SMILES string of the molecule is CN(C)CCNc1nc(NCc2cccc(Br)c2)cc(C2CC2)n1. The van der Waals surface area contributed by atoms with Crippen molar-refractivity contribution in [2.24, 2.45) is 0 Å². The van der Waals surface area contributed by atoms with Crippen molar-refractivity contribution in [3.8, 4) is 0 Å². The van der Waals surface area contributed by atoms with Crippen LogP contribution in [0.4, 0.5) is 11.8 Å². The third-order valence-electron chi connectivity index (χ3n) is 3.95. The highest BCUT2D eigenvalue weighted by Gasteiger charge is 2.26. The van der Waals surface area contributed by atoms with Crippen LogP contribution in [0.3, 0.4) is 0 Å². The topological polar surface area (TPSA) is 53.1 Å². The van der Waals surface area contributed by atoms with E-state index in [4.69, 9.17) is 0 Å². The first-order chi connectivity index (χ1) is 11.6. The summed E-state index contributed by atoms with van der Waals surface area (Å²) in [4.78, 5) is 11.4. The van der Waals surface area contributed by atoms with E-state index in [0.717, 1.165) is 41.6 Å². The highest BCUT2D eigenvalue weighted by atomic mass is 79.9. The lowest BCUT2D eigenvalue weighted by Crippen LogP contribution is -2.21. The minimum absolute atomic E-state index is 0.605. The third kappa shape index (κ3) is 5.18. The molecule has 1 aromatic carbocycles. The minimum atomic E-state index is 0.605. The van der Waals surface area contributed by atoms with Crippen molar-refractivity contribution in [2.75, 3.05) is 37.8 Å². The van der Waals surface area contributed by atoms with E-state index in [1.54, 1.807) is 0 Å². The average molecular weight is 390 g/mol.